The molecule has 0 atom stereocenters. The summed E-state index contributed by atoms with van der Waals surface area (Å²) in [6, 6.07) is 18.8. The number of anilines is 3. The molecule has 1 heterocycles. The molecule has 0 bridgehead atoms. The predicted octanol–water partition coefficient (Wildman–Crippen LogP) is 9.92. The van der Waals surface area contributed by atoms with E-state index in [4.69, 9.17) is 0 Å². The molecule has 0 radical (unpaired) electrons. The highest BCUT2D eigenvalue weighted by atomic mass is 32.2. The van der Waals surface area contributed by atoms with Gasteiger partial charge in [0.05, 0.1) is 17.1 Å². The Balaban J connectivity index is 1.93. The number of benzene rings is 3. The third-order valence-corrected chi connectivity index (χ3v) is 8.11. The third kappa shape index (κ3) is 4.47. The summed E-state index contributed by atoms with van der Waals surface area (Å²) >= 11 is 1.92. The lowest BCUT2D eigenvalue weighted by Crippen LogP contribution is -2.21. The molecule has 0 aliphatic carbocycles. The fraction of sp³-hybridized carbons (Fsp3) is 0.419. The van der Waals surface area contributed by atoms with Gasteiger partial charge in [0, 0.05) is 9.79 Å². The van der Waals surface area contributed by atoms with E-state index in [0.29, 0.717) is 0 Å². The molecule has 0 amide bonds. The highest BCUT2D eigenvalue weighted by molar-refractivity contribution is 7.99. The monoisotopic (exact) mass is 457 g/mol. The van der Waals surface area contributed by atoms with E-state index in [9.17, 15) is 0 Å². The van der Waals surface area contributed by atoms with Gasteiger partial charge in [0.2, 0.25) is 0 Å². The fourth-order valence-corrected chi connectivity index (χ4v) is 6.28. The molecule has 3 aromatic carbocycles. The summed E-state index contributed by atoms with van der Waals surface area (Å²) in [4.78, 5) is 5.20. The van der Waals surface area contributed by atoms with Gasteiger partial charge in [0.25, 0.3) is 0 Å². The summed E-state index contributed by atoms with van der Waals surface area (Å²) < 4.78 is 0. The largest absolute Gasteiger partial charge is 0.308 e. The highest BCUT2D eigenvalue weighted by Crippen LogP contribution is 2.54. The standard InChI is InChI=1S/C31H39NS/c1-10-15-31(8,9)23-12-14-26-28(19-23)33-27-16-20(2)11-13-25(27)32(26)29-21(3)17-24(18-22(29)4)30(5,6)7/h11-14,16-19H,10,15H2,1-9H3. The van der Waals surface area contributed by atoms with Gasteiger partial charge in [-0.2, -0.15) is 0 Å². The summed E-state index contributed by atoms with van der Waals surface area (Å²) in [6.07, 6.45) is 2.40. The van der Waals surface area contributed by atoms with Gasteiger partial charge in [0.1, 0.15) is 0 Å². The van der Waals surface area contributed by atoms with Gasteiger partial charge in [0.15, 0.2) is 0 Å². The number of hydrogen-bond donors (Lipinski definition) is 0. The van der Waals surface area contributed by atoms with Crippen molar-refractivity contribution in [3.63, 3.8) is 0 Å². The quantitative estimate of drug-likeness (QED) is 0.300. The molecule has 0 saturated carbocycles. The maximum absolute atomic E-state index is 2.51. The van der Waals surface area contributed by atoms with E-state index < -0.39 is 0 Å². The Morgan fingerprint density at radius 3 is 1.88 bits per heavy atom. The molecular formula is C31H39NS. The number of fused-ring (bicyclic) bond motifs is 2. The molecule has 2 heteroatoms. The van der Waals surface area contributed by atoms with Crippen molar-refractivity contribution >= 4 is 28.8 Å². The number of hydrogen-bond acceptors (Lipinski definition) is 2. The SMILES string of the molecule is CCCC(C)(C)c1ccc2c(c1)Sc1cc(C)ccc1N2c1c(C)cc(C(C)(C)C)cc1C. The Morgan fingerprint density at radius 1 is 0.727 bits per heavy atom. The Bertz CT molecular complexity index is 1170. The van der Waals surface area contributed by atoms with Crippen LogP contribution in [0.25, 0.3) is 0 Å². The minimum absolute atomic E-state index is 0.137. The van der Waals surface area contributed by atoms with Crippen molar-refractivity contribution in [1.82, 2.24) is 0 Å². The molecule has 0 N–H and O–H groups in total. The van der Waals surface area contributed by atoms with Gasteiger partial charge in [-0.1, -0.05) is 84.0 Å². The molecule has 1 nitrogen and oxygen atoms in total. The molecule has 0 unspecified atom stereocenters. The van der Waals surface area contributed by atoms with Crippen LogP contribution >= 0.6 is 11.8 Å². The van der Waals surface area contributed by atoms with Crippen molar-refractivity contribution in [2.75, 3.05) is 4.90 Å². The van der Waals surface area contributed by atoms with E-state index in [0.717, 1.165) is 0 Å². The Kier molecular flexibility index (Phi) is 6.20. The molecule has 1 aliphatic heterocycles. The minimum Gasteiger partial charge on any atom is -0.308 e. The van der Waals surface area contributed by atoms with Crippen molar-refractivity contribution < 1.29 is 0 Å². The molecule has 3 aromatic rings. The molecule has 0 fully saturated rings. The van der Waals surface area contributed by atoms with E-state index in [-0.39, 0.29) is 10.8 Å². The van der Waals surface area contributed by atoms with Crippen molar-refractivity contribution in [2.45, 2.75) is 95.8 Å². The highest BCUT2D eigenvalue weighted by Gasteiger charge is 2.30. The zero-order valence-corrected chi connectivity index (χ0v) is 22.7. The van der Waals surface area contributed by atoms with Crippen molar-refractivity contribution in [1.29, 1.82) is 0 Å². The summed E-state index contributed by atoms with van der Waals surface area (Å²) in [6.45, 7) is 20.7. The van der Waals surface area contributed by atoms with E-state index in [2.05, 4.69) is 116 Å². The Morgan fingerprint density at radius 2 is 1.30 bits per heavy atom. The smallest absolute Gasteiger partial charge is 0.0602 e. The minimum atomic E-state index is 0.137. The molecule has 0 aromatic heterocycles. The summed E-state index contributed by atoms with van der Waals surface area (Å²) in [5.74, 6) is 0. The van der Waals surface area contributed by atoms with Crippen LogP contribution in [0.1, 0.15) is 82.2 Å². The summed E-state index contributed by atoms with van der Waals surface area (Å²) in [7, 11) is 0. The topological polar surface area (TPSA) is 3.24 Å². The van der Waals surface area contributed by atoms with Crippen LogP contribution in [-0.2, 0) is 10.8 Å². The van der Waals surface area contributed by atoms with E-state index in [1.54, 1.807) is 0 Å². The van der Waals surface area contributed by atoms with Gasteiger partial charge >= 0.3 is 0 Å². The number of nitrogens with zero attached hydrogens (tertiary/aromatic N) is 1. The van der Waals surface area contributed by atoms with Crippen LogP contribution in [0, 0.1) is 20.8 Å². The summed E-state index contributed by atoms with van der Waals surface area (Å²) in [5.41, 5.74) is 11.0. The van der Waals surface area contributed by atoms with Crippen LogP contribution in [0.5, 0.6) is 0 Å². The first-order valence-corrected chi connectivity index (χ1v) is 13.1. The average Bonchev–Trinajstić information content (AvgIpc) is 2.71. The van der Waals surface area contributed by atoms with Crippen LogP contribution in [0.3, 0.4) is 0 Å². The van der Waals surface area contributed by atoms with Crippen LogP contribution in [0.2, 0.25) is 0 Å². The fourth-order valence-electron chi connectivity index (χ4n) is 5.09. The van der Waals surface area contributed by atoms with Crippen molar-refractivity contribution in [2.24, 2.45) is 0 Å². The van der Waals surface area contributed by atoms with Gasteiger partial charge in [-0.05, 0) is 90.1 Å². The summed E-state index contributed by atoms with van der Waals surface area (Å²) in [5, 5.41) is 0. The maximum atomic E-state index is 2.51. The normalized spacial score (nSPS) is 13.7. The second-order valence-corrected chi connectivity index (χ2v) is 12.5. The molecule has 1 aliphatic rings. The maximum Gasteiger partial charge on any atom is 0.0602 e. The lowest BCUT2D eigenvalue weighted by Gasteiger charge is -2.37. The van der Waals surface area contributed by atoms with Gasteiger partial charge in [-0.15, -0.1) is 0 Å². The molecule has 174 valence electrons. The van der Waals surface area contributed by atoms with Crippen LogP contribution in [0.4, 0.5) is 17.1 Å². The van der Waals surface area contributed by atoms with Gasteiger partial charge in [-0.25, -0.2) is 0 Å². The van der Waals surface area contributed by atoms with Gasteiger partial charge < -0.3 is 4.90 Å². The lowest BCUT2D eigenvalue weighted by atomic mass is 9.80. The van der Waals surface area contributed by atoms with Crippen LogP contribution < -0.4 is 4.90 Å². The van der Waals surface area contributed by atoms with Gasteiger partial charge in [-0.3, -0.25) is 0 Å². The molecule has 0 saturated heterocycles. The Hall–Kier alpha value is -2.19. The third-order valence-electron chi connectivity index (χ3n) is 7.01. The van der Waals surface area contributed by atoms with E-state index in [1.165, 1.54) is 67.5 Å². The van der Waals surface area contributed by atoms with Crippen LogP contribution in [-0.4, -0.2) is 0 Å². The molecule has 4 rings (SSSR count). The second kappa shape index (κ2) is 8.55. The molecule has 0 spiro atoms. The first kappa shape index (κ1) is 24.0. The Labute approximate surface area is 205 Å². The zero-order valence-electron chi connectivity index (χ0n) is 21.9. The van der Waals surface area contributed by atoms with E-state index in [1.807, 2.05) is 11.8 Å². The predicted molar refractivity (Wildman–Crippen MR) is 146 cm³/mol. The average molecular weight is 458 g/mol. The zero-order chi connectivity index (χ0) is 24.1. The molecular weight excluding hydrogens is 418 g/mol. The van der Waals surface area contributed by atoms with Crippen LogP contribution in [0.15, 0.2) is 58.3 Å². The number of aryl methyl sites for hydroxylation is 3. The molecule has 33 heavy (non-hydrogen) atoms. The van der Waals surface area contributed by atoms with Crippen molar-refractivity contribution in [3.05, 3.63) is 76.3 Å². The first-order chi connectivity index (χ1) is 15.4. The number of rotatable bonds is 4. The first-order valence-electron chi connectivity index (χ1n) is 12.3. The second-order valence-electron chi connectivity index (χ2n) is 11.4. The lowest BCUT2D eigenvalue weighted by molar-refractivity contribution is 0.472. The van der Waals surface area contributed by atoms with E-state index >= 15 is 0 Å². The van der Waals surface area contributed by atoms with Crippen molar-refractivity contribution in [3.8, 4) is 0 Å².